The maximum atomic E-state index is 11.8. The molecule has 2 N–H and O–H groups in total. The Morgan fingerprint density at radius 2 is 2.05 bits per heavy atom. The van der Waals surface area contributed by atoms with Crippen molar-refractivity contribution in [2.24, 2.45) is 0 Å². The molecule has 112 valence electrons. The standard InChI is InChI=1S/C12H16BrN3O3.ClH/c1-2-5-14-6-7-15-12(17)10-4-3-9(16(18)19)8-11(10)13;/h3-4,8,14H,2,5-7H2,1H3,(H,15,17);1H. The van der Waals surface area contributed by atoms with Crippen LogP contribution in [0.15, 0.2) is 22.7 Å². The fourth-order valence-electron chi connectivity index (χ4n) is 1.46. The molecule has 0 aliphatic rings. The van der Waals surface area contributed by atoms with Crippen molar-refractivity contribution in [2.45, 2.75) is 13.3 Å². The van der Waals surface area contributed by atoms with Gasteiger partial charge in [-0.1, -0.05) is 6.92 Å². The van der Waals surface area contributed by atoms with Crippen LogP contribution in [0.4, 0.5) is 5.69 Å². The fraction of sp³-hybridized carbons (Fsp3) is 0.417. The van der Waals surface area contributed by atoms with Crippen molar-refractivity contribution in [3.8, 4) is 0 Å². The van der Waals surface area contributed by atoms with E-state index in [1.165, 1.54) is 18.2 Å². The summed E-state index contributed by atoms with van der Waals surface area (Å²) in [4.78, 5) is 21.9. The number of nitrogens with zero attached hydrogens (tertiary/aromatic N) is 1. The van der Waals surface area contributed by atoms with Gasteiger partial charge in [0.15, 0.2) is 0 Å². The van der Waals surface area contributed by atoms with Gasteiger partial charge in [0, 0.05) is 29.7 Å². The Balaban J connectivity index is 0.00000361. The molecule has 0 aromatic heterocycles. The Morgan fingerprint density at radius 3 is 2.60 bits per heavy atom. The summed E-state index contributed by atoms with van der Waals surface area (Å²) >= 11 is 3.17. The number of nitro groups is 1. The van der Waals surface area contributed by atoms with Crippen LogP contribution in [0.5, 0.6) is 0 Å². The molecule has 1 amide bonds. The van der Waals surface area contributed by atoms with Crippen molar-refractivity contribution >= 4 is 39.9 Å². The lowest BCUT2D eigenvalue weighted by atomic mass is 10.2. The summed E-state index contributed by atoms with van der Waals surface area (Å²) in [6, 6.07) is 4.08. The molecule has 0 radical (unpaired) electrons. The lowest BCUT2D eigenvalue weighted by molar-refractivity contribution is -0.384. The number of halogens is 2. The van der Waals surface area contributed by atoms with Crippen LogP contribution < -0.4 is 10.6 Å². The topological polar surface area (TPSA) is 84.3 Å². The van der Waals surface area contributed by atoms with Crippen LogP contribution in [0.2, 0.25) is 0 Å². The molecule has 1 aromatic carbocycles. The number of hydrogen-bond acceptors (Lipinski definition) is 4. The SMILES string of the molecule is CCCNCCNC(=O)c1ccc([N+](=O)[O-])cc1Br.Cl. The maximum Gasteiger partial charge on any atom is 0.270 e. The molecule has 0 aliphatic carbocycles. The predicted molar refractivity (Wildman–Crippen MR) is 83.5 cm³/mol. The van der Waals surface area contributed by atoms with Gasteiger partial charge in [-0.3, -0.25) is 14.9 Å². The molecule has 6 nitrogen and oxygen atoms in total. The number of nitro benzene ring substituents is 1. The molecule has 0 fully saturated rings. The van der Waals surface area contributed by atoms with Gasteiger partial charge in [-0.15, -0.1) is 12.4 Å². The van der Waals surface area contributed by atoms with E-state index in [4.69, 9.17) is 0 Å². The van der Waals surface area contributed by atoms with Crippen LogP contribution in [0.25, 0.3) is 0 Å². The largest absolute Gasteiger partial charge is 0.351 e. The highest BCUT2D eigenvalue weighted by Gasteiger charge is 2.13. The van der Waals surface area contributed by atoms with Crippen molar-refractivity contribution in [3.63, 3.8) is 0 Å². The van der Waals surface area contributed by atoms with Gasteiger partial charge in [-0.05, 0) is 35.0 Å². The van der Waals surface area contributed by atoms with Gasteiger partial charge in [0.1, 0.15) is 0 Å². The van der Waals surface area contributed by atoms with Gasteiger partial charge in [0.25, 0.3) is 11.6 Å². The zero-order valence-corrected chi connectivity index (χ0v) is 13.4. The summed E-state index contributed by atoms with van der Waals surface area (Å²) in [7, 11) is 0. The minimum Gasteiger partial charge on any atom is -0.351 e. The molecule has 0 saturated carbocycles. The van der Waals surface area contributed by atoms with Gasteiger partial charge >= 0.3 is 0 Å². The van der Waals surface area contributed by atoms with Crippen LogP contribution >= 0.6 is 28.3 Å². The molecule has 20 heavy (non-hydrogen) atoms. The summed E-state index contributed by atoms with van der Waals surface area (Å²) in [5, 5.41) is 16.5. The van der Waals surface area contributed by atoms with E-state index in [2.05, 4.69) is 33.5 Å². The van der Waals surface area contributed by atoms with Crippen molar-refractivity contribution < 1.29 is 9.72 Å². The second-order valence-corrected chi connectivity index (χ2v) is 4.78. The third-order valence-corrected chi connectivity index (χ3v) is 3.08. The van der Waals surface area contributed by atoms with Crippen LogP contribution in [-0.2, 0) is 0 Å². The van der Waals surface area contributed by atoms with E-state index in [-0.39, 0.29) is 24.0 Å². The fourth-order valence-corrected chi connectivity index (χ4v) is 2.01. The highest BCUT2D eigenvalue weighted by molar-refractivity contribution is 9.10. The quantitative estimate of drug-likeness (QED) is 0.441. The molecule has 1 aromatic rings. The van der Waals surface area contributed by atoms with Gasteiger partial charge in [0.05, 0.1) is 10.5 Å². The van der Waals surface area contributed by atoms with E-state index in [1.807, 2.05) is 0 Å². The number of hydrogen-bond donors (Lipinski definition) is 2. The summed E-state index contributed by atoms with van der Waals surface area (Å²) in [5.41, 5.74) is 0.342. The minimum absolute atomic E-state index is 0. The minimum atomic E-state index is -0.499. The number of nitrogens with one attached hydrogen (secondary N) is 2. The smallest absolute Gasteiger partial charge is 0.270 e. The summed E-state index contributed by atoms with van der Waals surface area (Å²) < 4.78 is 0.417. The number of carbonyl (C=O) groups is 1. The first-order valence-corrected chi connectivity index (χ1v) is 6.78. The highest BCUT2D eigenvalue weighted by Crippen LogP contribution is 2.22. The van der Waals surface area contributed by atoms with Crippen molar-refractivity contribution in [2.75, 3.05) is 19.6 Å². The molecular formula is C12H17BrClN3O3. The third kappa shape index (κ3) is 5.85. The first-order valence-electron chi connectivity index (χ1n) is 5.99. The van der Waals surface area contributed by atoms with E-state index in [0.29, 0.717) is 23.1 Å². The molecule has 0 atom stereocenters. The van der Waals surface area contributed by atoms with Crippen LogP contribution in [0, 0.1) is 10.1 Å². The second-order valence-electron chi connectivity index (χ2n) is 3.93. The molecular weight excluding hydrogens is 350 g/mol. The van der Waals surface area contributed by atoms with Gasteiger partial charge in [-0.2, -0.15) is 0 Å². The number of non-ortho nitro benzene ring substituents is 1. The molecule has 0 heterocycles. The monoisotopic (exact) mass is 365 g/mol. The van der Waals surface area contributed by atoms with Gasteiger partial charge in [0.2, 0.25) is 0 Å². The average molecular weight is 367 g/mol. The van der Waals surface area contributed by atoms with Crippen LogP contribution in [0.3, 0.4) is 0 Å². The first-order chi connectivity index (χ1) is 9.06. The highest BCUT2D eigenvalue weighted by atomic mass is 79.9. The van der Waals surface area contributed by atoms with Crippen molar-refractivity contribution in [3.05, 3.63) is 38.3 Å². The summed E-state index contributed by atoms with van der Waals surface area (Å²) in [6.07, 6.45) is 1.04. The lowest BCUT2D eigenvalue weighted by Crippen LogP contribution is -2.32. The Hall–Kier alpha value is -1.18. The Labute approximate surface area is 132 Å². The molecule has 0 unspecified atom stereocenters. The van der Waals surface area contributed by atoms with E-state index < -0.39 is 4.92 Å². The first kappa shape index (κ1) is 18.8. The second kappa shape index (κ2) is 9.68. The maximum absolute atomic E-state index is 11.8. The molecule has 1 rings (SSSR count). The summed E-state index contributed by atoms with van der Waals surface area (Å²) in [6.45, 7) is 4.20. The zero-order valence-electron chi connectivity index (χ0n) is 11.0. The zero-order chi connectivity index (χ0) is 14.3. The number of amides is 1. The molecule has 0 aliphatic heterocycles. The molecule has 0 bridgehead atoms. The van der Waals surface area contributed by atoms with E-state index >= 15 is 0 Å². The van der Waals surface area contributed by atoms with Gasteiger partial charge < -0.3 is 10.6 Å². The van der Waals surface area contributed by atoms with E-state index in [1.54, 1.807) is 0 Å². The van der Waals surface area contributed by atoms with E-state index in [0.717, 1.165) is 13.0 Å². The number of benzene rings is 1. The predicted octanol–water partition coefficient (Wildman–Crippen LogP) is 2.51. The summed E-state index contributed by atoms with van der Waals surface area (Å²) in [5.74, 6) is -0.250. The Bertz CT molecular complexity index is 471. The third-order valence-electron chi connectivity index (χ3n) is 2.42. The molecule has 0 spiro atoms. The Morgan fingerprint density at radius 1 is 1.35 bits per heavy atom. The molecule has 0 saturated heterocycles. The van der Waals surface area contributed by atoms with Crippen molar-refractivity contribution in [1.82, 2.24) is 10.6 Å². The van der Waals surface area contributed by atoms with Crippen LogP contribution in [0.1, 0.15) is 23.7 Å². The van der Waals surface area contributed by atoms with Gasteiger partial charge in [-0.25, -0.2) is 0 Å². The number of rotatable bonds is 7. The normalized spacial score (nSPS) is 9.70. The Kier molecular flexibility index (Phi) is 9.11. The number of carbonyl (C=O) groups excluding carboxylic acids is 1. The van der Waals surface area contributed by atoms with E-state index in [9.17, 15) is 14.9 Å². The van der Waals surface area contributed by atoms with Crippen LogP contribution in [-0.4, -0.2) is 30.5 Å². The lowest BCUT2D eigenvalue weighted by Gasteiger charge is -2.07. The molecule has 8 heteroatoms. The average Bonchev–Trinajstić information content (AvgIpc) is 2.38. The van der Waals surface area contributed by atoms with Crippen molar-refractivity contribution in [1.29, 1.82) is 0 Å².